The van der Waals surface area contributed by atoms with E-state index in [-0.39, 0.29) is 12.7 Å². The van der Waals surface area contributed by atoms with Crippen LogP contribution in [-0.2, 0) is 4.74 Å². The number of nitrogens with zero attached hydrogens (tertiary/aromatic N) is 2. The first-order valence-electron chi connectivity index (χ1n) is 10.6. The average Bonchev–Trinajstić information content (AvgIpc) is 3.09. The van der Waals surface area contributed by atoms with Crippen molar-refractivity contribution in [2.45, 2.75) is 31.6 Å². The van der Waals surface area contributed by atoms with Crippen LogP contribution in [0.4, 0.5) is 4.79 Å². The number of halogens is 1. The molecular weight excluding hydrogens is 398 g/mol. The fourth-order valence-electron chi connectivity index (χ4n) is 4.27. The maximum Gasteiger partial charge on any atom is 0.409 e. The maximum absolute atomic E-state index is 12.1. The zero-order chi connectivity index (χ0) is 20.9. The van der Waals surface area contributed by atoms with Gasteiger partial charge in [-0.05, 0) is 61.4 Å². The summed E-state index contributed by atoms with van der Waals surface area (Å²) in [7, 11) is 0. The molecule has 2 aromatic rings. The minimum atomic E-state index is -0.254. The molecule has 1 amide bonds. The Hall–Kier alpha value is -2.50. The van der Waals surface area contributed by atoms with Crippen molar-refractivity contribution in [3.63, 3.8) is 0 Å². The predicted molar refractivity (Wildman–Crippen MR) is 121 cm³/mol. The molecule has 0 unspecified atom stereocenters. The highest BCUT2D eigenvalue weighted by Gasteiger charge is 2.26. The summed E-state index contributed by atoms with van der Waals surface area (Å²) in [6.07, 6.45) is 14.9. The number of carbonyl (C=O) groups excluding carboxylic acids is 1. The van der Waals surface area contributed by atoms with Crippen molar-refractivity contribution in [1.82, 2.24) is 9.47 Å². The van der Waals surface area contributed by atoms with Crippen LogP contribution >= 0.6 is 11.6 Å². The van der Waals surface area contributed by atoms with Gasteiger partial charge in [0.2, 0.25) is 0 Å². The van der Waals surface area contributed by atoms with Crippen molar-refractivity contribution in [2.24, 2.45) is 5.73 Å². The monoisotopic (exact) mass is 425 g/mol. The van der Waals surface area contributed by atoms with Crippen molar-refractivity contribution >= 4 is 29.8 Å². The van der Waals surface area contributed by atoms with Crippen LogP contribution < -0.4 is 16.3 Å². The number of fused-ring (bicyclic) bond motifs is 1. The Morgan fingerprint density at radius 1 is 1.17 bits per heavy atom. The molecule has 1 aliphatic carbocycles. The van der Waals surface area contributed by atoms with Crippen LogP contribution in [0.2, 0.25) is 5.02 Å². The molecule has 158 valence electrons. The molecule has 1 saturated heterocycles. The molecule has 2 heterocycles. The zero-order valence-electron chi connectivity index (χ0n) is 17.1. The van der Waals surface area contributed by atoms with Crippen molar-refractivity contribution in [3.05, 3.63) is 63.8 Å². The van der Waals surface area contributed by atoms with Gasteiger partial charge < -0.3 is 19.9 Å². The lowest BCUT2D eigenvalue weighted by Crippen LogP contribution is -2.40. The number of rotatable bonds is 4. The van der Waals surface area contributed by atoms with Gasteiger partial charge in [0.25, 0.3) is 0 Å². The molecule has 2 aliphatic rings. The second-order valence-corrected chi connectivity index (χ2v) is 8.21. The summed E-state index contributed by atoms with van der Waals surface area (Å²) >= 11 is 6.11. The van der Waals surface area contributed by atoms with E-state index in [1.54, 1.807) is 4.90 Å². The average molecular weight is 426 g/mol. The van der Waals surface area contributed by atoms with Crippen molar-refractivity contribution in [3.8, 4) is 5.69 Å². The SMILES string of the molecule is NCCOC(=O)N1CCC(c2cn(-c3ccc(Cl)cc3)c3/c2=C\C=C/CC/C=3)CC1. The molecule has 0 atom stereocenters. The van der Waals surface area contributed by atoms with Crippen LogP contribution in [0.5, 0.6) is 0 Å². The standard InChI is InChI=1S/C24H28ClN3O2/c25-19-7-9-20(10-8-19)28-17-22(21-5-3-1-2-4-6-23(21)28)18-11-14-27(15-12-18)24(29)30-16-13-26/h1,3,5-10,17-18H,2,4,11-16,26H2/b3-1-,21-5-,23-6-. The van der Waals surface area contributed by atoms with Crippen LogP contribution in [0.15, 0.2) is 42.6 Å². The fraction of sp³-hybridized carbons (Fsp3) is 0.375. The summed E-state index contributed by atoms with van der Waals surface area (Å²) in [5, 5.41) is 3.26. The Bertz CT molecular complexity index is 1030. The van der Waals surface area contributed by atoms with Crippen LogP contribution in [0.25, 0.3) is 17.8 Å². The number of aromatic nitrogens is 1. The van der Waals surface area contributed by atoms with Crippen LogP contribution in [0, 0.1) is 0 Å². The van der Waals surface area contributed by atoms with Crippen LogP contribution in [0.3, 0.4) is 0 Å². The Kier molecular flexibility index (Phi) is 6.60. The Morgan fingerprint density at radius 2 is 1.93 bits per heavy atom. The number of amides is 1. The molecule has 30 heavy (non-hydrogen) atoms. The molecule has 1 aliphatic heterocycles. The van der Waals surface area contributed by atoms with Gasteiger partial charge in [-0.2, -0.15) is 0 Å². The van der Waals surface area contributed by atoms with Gasteiger partial charge in [0.1, 0.15) is 6.61 Å². The van der Waals surface area contributed by atoms with Gasteiger partial charge in [-0.1, -0.05) is 35.9 Å². The van der Waals surface area contributed by atoms with Crippen LogP contribution in [0.1, 0.15) is 37.2 Å². The highest BCUT2D eigenvalue weighted by molar-refractivity contribution is 6.30. The third kappa shape index (κ3) is 4.47. The van der Waals surface area contributed by atoms with E-state index in [4.69, 9.17) is 22.1 Å². The Morgan fingerprint density at radius 3 is 2.67 bits per heavy atom. The number of carbonyl (C=O) groups is 1. The second-order valence-electron chi connectivity index (χ2n) is 7.77. The number of piperidine rings is 1. The smallest absolute Gasteiger partial charge is 0.409 e. The number of likely N-dealkylation sites (tertiary alicyclic amines) is 1. The lowest BCUT2D eigenvalue weighted by Gasteiger charge is -2.31. The van der Waals surface area contributed by atoms with Crippen LogP contribution in [-0.4, -0.2) is 41.8 Å². The van der Waals surface area contributed by atoms with Gasteiger partial charge in [0.15, 0.2) is 0 Å². The molecule has 2 N–H and O–H groups in total. The van der Waals surface area contributed by atoms with Crippen molar-refractivity contribution < 1.29 is 9.53 Å². The number of ether oxygens (including phenoxy) is 1. The van der Waals surface area contributed by atoms with E-state index >= 15 is 0 Å². The van der Waals surface area contributed by atoms with E-state index in [0.29, 0.717) is 25.6 Å². The van der Waals surface area contributed by atoms with Gasteiger partial charge in [-0.15, -0.1) is 0 Å². The van der Waals surface area contributed by atoms with E-state index in [1.165, 1.54) is 16.1 Å². The fourth-order valence-corrected chi connectivity index (χ4v) is 4.40. The number of hydrogen-bond donors (Lipinski definition) is 1. The molecule has 1 fully saturated rings. The van der Waals surface area contributed by atoms with Crippen molar-refractivity contribution in [2.75, 3.05) is 26.2 Å². The predicted octanol–water partition coefficient (Wildman–Crippen LogP) is 3.32. The van der Waals surface area contributed by atoms with Gasteiger partial charge in [0, 0.05) is 47.1 Å². The molecule has 0 bridgehead atoms. The summed E-state index contributed by atoms with van der Waals surface area (Å²) < 4.78 is 7.47. The third-order valence-corrected chi connectivity index (χ3v) is 6.08. The molecule has 0 saturated carbocycles. The largest absolute Gasteiger partial charge is 0.448 e. The minimum absolute atomic E-state index is 0.254. The first kappa shape index (κ1) is 20.8. The Labute approximate surface area is 182 Å². The molecule has 6 heteroatoms. The highest BCUT2D eigenvalue weighted by atomic mass is 35.5. The van der Waals surface area contributed by atoms with Crippen molar-refractivity contribution in [1.29, 1.82) is 0 Å². The van der Waals surface area contributed by atoms with Gasteiger partial charge >= 0.3 is 6.09 Å². The minimum Gasteiger partial charge on any atom is -0.448 e. The summed E-state index contributed by atoms with van der Waals surface area (Å²) in [6.45, 7) is 2.03. The Balaban J connectivity index is 1.65. The summed E-state index contributed by atoms with van der Waals surface area (Å²) in [5.74, 6) is 0.406. The number of benzene rings is 1. The van der Waals surface area contributed by atoms with Gasteiger partial charge in [-0.25, -0.2) is 4.79 Å². The summed E-state index contributed by atoms with van der Waals surface area (Å²) in [4.78, 5) is 13.9. The van der Waals surface area contributed by atoms with E-state index in [1.807, 2.05) is 12.1 Å². The number of hydrogen-bond acceptors (Lipinski definition) is 3. The third-order valence-electron chi connectivity index (χ3n) is 5.83. The first-order valence-corrected chi connectivity index (χ1v) is 11.0. The lowest BCUT2D eigenvalue weighted by molar-refractivity contribution is 0.0950. The molecular formula is C24H28ClN3O2. The molecule has 1 aromatic carbocycles. The second kappa shape index (κ2) is 9.54. The van der Waals surface area contributed by atoms with Gasteiger partial charge in [0.05, 0.1) is 0 Å². The van der Waals surface area contributed by atoms with Gasteiger partial charge in [-0.3, -0.25) is 0 Å². The quantitative estimate of drug-likeness (QED) is 0.817. The molecule has 0 radical (unpaired) electrons. The summed E-state index contributed by atoms with van der Waals surface area (Å²) in [6, 6.07) is 7.98. The lowest BCUT2D eigenvalue weighted by atomic mass is 9.90. The van der Waals surface area contributed by atoms with E-state index in [9.17, 15) is 4.79 Å². The molecule has 0 spiro atoms. The van der Waals surface area contributed by atoms with E-state index in [0.717, 1.165) is 36.4 Å². The highest BCUT2D eigenvalue weighted by Crippen LogP contribution is 2.27. The summed E-state index contributed by atoms with van der Waals surface area (Å²) in [5.41, 5.74) is 7.89. The molecule has 1 aromatic heterocycles. The topological polar surface area (TPSA) is 60.5 Å². The molecule has 5 nitrogen and oxygen atoms in total. The normalized spacial score (nSPS) is 20.1. The maximum atomic E-state index is 12.1. The van der Waals surface area contributed by atoms with E-state index in [2.05, 4.69) is 47.2 Å². The number of allylic oxidation sites excluding steroid dienone is 2. The molecule has 4 rings (SSSR count). The number of nitrogens with two attached hydrogens (primary N) is 1. The first-order chi connectivity index (χ1) is 14.7. The zero-order valence-corrected chi connectivity index (χ0v) is 17.9. The van der Waals surface area contributed by atoms with E-state index < -0.39 is 0 Å².